The number of carbonyl (C=O) groups is 1. The van der Waals surface area contributed by atoms with E-state index in [0.717, 1.165) is 18.2 Å². The Morgan fingerprint density at radius 2 is 1.86 bits per heavy atom. The van der Waals surface area contributed by atoms with Crippen LogP contribution in [0.1, 0.15) is 10.4 Å². The molecular weight excluding hydrogens is 305 g/mol. The van der Waals surface area contributed by atoms with E-state index in [0.29, 0.717) is 13.2 Å². The smallest absolute Gasteiger partial charge is 0.338 e. The van der Waals surface area contributed by atoms with Crippen molar-refractivity contribution in [2.75, 3.05) is 33.5 Å². The maximum atomic E-state index is 13.3. The van der Waals surface area contributed by atoms with Gasteiger partial charge in [-0.05, 0) is 18.2 Å². The number of halogens is 1. The van der Waals surface area contributed by atoms with Gasteiger partial charge in [0.25, 0.3) is 0 Å². The van der Waals surface area contributed by atoms with Crippen molar-refractivity contribution in [3.8, 4) is 0 Å². The quantitative estimate of drug-likeness (QED) is 0.545. The molecule has 0 atom stereocenters. The molecule has 0 aliphatic heterocycles. The minimum Gasteiger partial charge on any atom is -0.460 e. The summed E-state index contributed by atoms with van der Waals surface area (Å²) >= 11 is 0. The minimum atomic E-state index is -4.10. The Morgan fingerprint density at radius 1 is 1.19 bits per heavy atom. The summed E-state index contributed by atoms with van der Waals surface area (Å²) < 4.78 is 50.2. The van der Waals surface area contributed by atoms with Crippen LogP contribution in [0.15, 0.2) is 23.1 Å². The summed E-state index contributed by atoms with van der Waals surface area (Å²) in [4.78, 5) is 11.2. The predicted octanol–water partition coefficient (Wildman–Crippen LogP) is 0.293. The van der Waals surface area contributed by atoms with Crippen molar-refractivity contribution in [2.45, 2.75) is 4.90 Å². The molecule has 0 aromatic heterocycles. The maximum absolute atomic E-state index is 13.3. The van der Waals surface area contributed by atoms with Crippen LogP contribution in [0.2, 0.25) is 0 Å². The van der Waals surface area contributed by atoms with Crippen molar-refractivity contribution in [2.24, 2.45) is 5.14 Å². The number of nitrogens with two attached hydrogens (primary N) is 1. The Morgan fingerprint density at radius 3 is 2.48 bits per heavy atom. The topological polar surface area (TPSA) is 105 Å². The first kappa shape index (κ1) is 17.5. The summed E-state index contributed by atoms with van der Waals surface area (Å²) in [5, 5.41) is 4.88. The molecule has 1 aromatic carbocycles. The highest BCUT2D eigenvalue weighted by atomic mass is 32.2. The van der Waals surface area contributed by atoms with Crippen molar-refractivity contribution >= 4 is 16.0 Å². The Kier molecular flexibility index (Phi) is 6.69. The van der Waals surface area contributed by atoms with E-state index in [-0.39, 0.29) is 18.8 Å². The lowest BCUT2D eigenvalue weighted by atomic mass is 10.2. The molecule has 0 unspecified atom stereocenters. The Bertz CT molecular complexity index is 589. The highest BCUT2D eigenvalue weighted by Gasteiger charge is 2.15. The van der Waals surface area contributed by atoms with Crippen LogP contribution in [0.25, 0.3) is 0 Å². The number of hydrogen-bond acceptors (Lipinski definition) is 6. The van der Waals surface area contributed by atoms with Gasteiger partial charge in [0.15, 0.2) is 0 Å². The van der Waals surface area contributed by atoms with E-state index in [1.165, 1.54) is 7.11 Å². The molecule has 9 heteroatoms. The summed E-state index contributed by atoms with van der Waals surface area (Å²) in [7, 11) is -2.58. The Balaban J connectivity index is 2.60. The van der Waals surface area contributed by atoms with Gasteiger partial charge in [-0.3, -0.25) is 0 Å². The normalized spacial score (nSPS) is 11.4. The molecule has 0 bridgehead atoms. The fourth-order valence-corrected chi connectivity index (χ4v) is 1.93. The van der Waals surface area contributed by atoms with Gasteiger partial charge in [0.2, 0.25) is 10.0 Å². The second kappa shape index (κ2) is 8.03. The van der Waals surface area contributed by atoms with Gasteiger partial charge in [0.05, 0.1) is 30.3 Å². The molecule has 1 aromatic rings. The number of rotatable bonds is 8. The van der Waals surface area contributed by atoms with Crippen molar-refractivity contribution in [1.82, 2.24) is 0 Å². The van der Waals surface area contributed by atoms with Crippen LogP contribution in [-0.4, -0.2) is 47.9 Å². The van der Waals surface area contributed by atoms with Gasteiger partial charge in [-0.15, -0.1) is 0 Å². The van der Waals surface area contributed by atoms with Crippen LogP contribution in [0.3, 0.4) is 0 Å². The van der Waals surface area contributed by atoms with E-state index in [4.69, 9.17) is 19.3 Å². The van der Waals surface area contributed by atoms with Crippen molar-refractivity contribution in [1.29, 1.82) is 0 Å². The molecule has 0 fully saturated rings. The zero-order chi connectivity index (χ0) is 15.9. The number of benzene rings is 1. The molecule has 0 amide bonds. The predicted molar refractivity (Wildman–Crippen MR) is 70.8 cm³/mol. The van der Waals surface area contributed by atoms with Gasteiger partial charge in [-0.25, -0.2) is 22.7 Å². The number of sulfonamides is 1. The van der Waals surface area contributed by atoms with Crippen LogP contribution in [0.5, 0.6) is 0 Å². The number of ether oxygens (including phenoxy) is 3. The largest absolute Gasteiger partial charge is 0.460 e. The maximum Gasteiger partial charge on any atom is 0.338 e. The Hall–Kier alpha value is -1.55. The Labute approximate surface area is 121 Å². The van der Waals surface area contributed by atoms with Gasteiger partial charge in [-0.2, -0.15) is 0 Å². The van der Waals surface area contributed by atoms with E-state index >= 15 is 0 Å². The third-order valence-electron chi connectivity index (χ3n) is 2.33. The van der Waals surface area contributed by atoms with E-state index in [1.54, 1.807) is 0 Å². The first-order chi connectivity index (χ1) is 9.84. The SMILES string of the molecule is COCCOCCOC(=O)c1cc(F)cc(S(N)(=O)=O)c1. The van der Waals surface area contributed by atoms with Gasteiger partial charge in [0.1, 0.15) is 12.4 Å². The highest BCUT2D eigenvalue weighted by Crippen LogP contribution is 2.14. The molecular formula is C12H16FNO6S. The van der Waals surface area contributed by atoms with E-state index < -0.39 is 26.7 Å². The molecule has 0 radical (unpaired) electrons. The second-order valence-corrected chi connectivity index (χ2v) is 5.52. The highest BCUT2D eigenvalue weighted by molar-refractivity contribution is 7.89. The lowest BCUT2D eigenvalue weighted by Gasteiger charge is -2.07. The van der Waals surface area contributed by atoms with E-state index in [9.17, 15) is 17.6 Å². The first-order valence-electron chi connectivity index (χ1n) is 5.92. The summed E-state index contributed by atoms with van der Waals surface area (Å²) in [6.45, 7) is 0.857. The fraction of sp³-hybridized carbons (Fsp3) is 0.417. The third kappa shape index (κ3) is 6.17. The molecule has 0 heterocycles. The molecule has 118 valence electrons. The molecule has 0 aliphatic carbocycles. The molecule has 7 nitrogen and oxygen atoms in total. The third-order valence-corrected chi connectivity index (χ3v) is 3.22. The van der Waals surface area contributed by atoms with Crippen LogP contribution >= 0.6 is 0 Å². The number of carbonyl (C=O) groups excluding carboxylic acids is 1. The molecule has 2 N–H and O–H groups in total. The van der Waals surface area contributed by atoms with Gasteiger partial charge >= 0.3 is 5.97 Å². The lowest BCUT2D eigenvalue weighted by molar-refractivity contribution is 0.0213. The van der Waals surface area contributed by atoms with Gasteiger partial charge < -0.3 is 14.2 Å². The minimum absolute atomic E-state index is 0.0518. The van der Waals surface area contributed by atoms with E-state index in [2.05, 4.69) is 0 Å². The molecule has 0 aliphatic rings. The van der Waals surface area contributed by atoms with Crippen LogP contribution in [-0.2, 0) is 24.2 Å². The summed E-state index contributed by atoms with van der Waals surface area (Å²) in [6, 6.07) is 2.54. The molecule has 0 spiro atoms. The van der Waals surface area contributed by atoms with Crippen LogP contribution in [0.4, 0.5) is 4.39 Å². The fourth-order valence-electron chi connectivity index (χ4n) is 1.37. The van der Waals surface area contributed by atoms with Gasteiger partial charge in [-0.1, -0.05) is 0 Å². The molecule has 1 rings (SSSR count). The average Bonchev–Trinajstić information content (AvgIpc) is 2.40. The lowest BCUT2D eigenvalue weighted by Crippen LogP contribution is -2.15. The van der Waals surface area contributed by atoms with E-state index in [1.807, 2.05) is 0 Å². The van der Waals surface area contributed by atoms with Crippen LogP contribution < -0.4 is 5.14 Å². The van der Waals surface area contributed by atoms with Crippen molar-refractivity contribution < 1.29 is 31.8 Å². The number of methoxy groups -OCH3 is 1. The zero-order valence-corrected chi connectivity index (χ0v) is 12.2. The number of primary sulfonamides is 1. The van der Waals surface area contributed by atoms with Crippen molar-refractivity contribution in [3.63, 3.8) is 0 Å². The molecule has 0 saturated heterocycles. The number of esters is 1. The summed E-state index contributed by atoms with van der Waals surface area (Å²) in [5.74, 6) is -1.76. The summed E-state index contributed by atoms with van der Waals surface area (Å²) in [5.41, 5.74) is -0.240. The molecule has 21 heavy (non-hydrogen) atoms. The van der Waals surface area contributed by atoms with Gasteiger partial charge in [0, 0.05) is 7.11 Å². The monoisotopic (exact) mass is 321 g/mol. The molecule has 0 saturated carbocycles. The zero-order valence-electron chi connectivity index (χ0n) is 11.4. The standard InChI is InChI=1S/C12H16FNO6S/c1-18-2-3-19-4-5-20-12(15)9-6-10(13)8-11(7-9)21(14,16)17/h6-8H,2-5H2,1H3,(H2,14,16,17). The first-order valence-corrected chi connectivity index (χ1v) is 7.46. The van der Waals surface area contributed by atoms with Crippen molar-refractivity contribution in [3.05, 3.63) is 29.6 Å². The van der Waals surface area contributed by atoms with Crippen LogP contribution in [0, 0.1) is 5.82 Å². The average molecular weight is 321 g/mol. The second-order valence-electron chi connectivity index (χ2n) is 3.96. The summed E-state index contributed by atoms with van der Waals surface area (Å²) in [6.07, 6.45) is 0. The number of hydrogen-bond donors (Lipinski definition) is 1.